The van der Waals surface area contributed by atoms with Gasteiger partial charge >= 0.3 is 5.69 Å². The first-order chi connectivity index (χ1) is 12.4. The average Bonchev–Trinajstić information content (AvgIpc) is 3.15. The van der Waals surface area contributed by atoms with Crippen LogP contribution < -0.4 is 20.7 Å². The Morgan fingerprint density at radius 3 is 2.81 bits per heavy atom. The molecule has 11 heteroatoms. The molecule has 4 rings (SSSR count). The Bertz CT molecular complexity index is 1130. The Balaban J connectivity index is 1.51. The fourth-order valence-electron chi connectivity index (χ4n) is 2.80. The fraction of sp³-hybridized carbons (Fsp3) is 0.267. The van der Waals surface area contributed by atoms with E-state index in [1.807, 2.05) is 0 Å². The zero-order chi connectivity index (χ0) is 18.4. The van der Waals surface area contributed by atoms with E-state index in [0.29, 0.717) is 12.3 Å². The summed E-state index contributed by atoms with van der Waals surface area (Å²) in [7, 11) is 1.51. The molecule has 134 valence electrons. The van der Waals surface area contributed by atoms with E-state index in [4.69, 9.17) is 9.47 Å². The number of hydrogen-bond donors (Lipinski definition) is 1. The Hall–Kier alpha value is -3.63. The number of aryl methyl sites for hydroxylation is 1. The van der Waals surface area contributed by atoms with Crippen LogP contribution in [-0.4, -0.2) is 36.7 Å². The number of H-pyrrole nitrogens is 1. The van der Waals surface area contributed by atoms with Gasteiger partial charge in [-0.3, -0.25) is 29.0 Å². The van der Waals surface area contributed by atoms with Crippen LogP contribution in [0, 0.1) is 10.1 Å². The van der Waals surface area contributed by atoms with Gasteiger partial charge in [-0.05, 0) is 12.1 Å². The second-order valence-corrected chi connectivity index (χ2v) is 5.80. The molecule has 11 nitrogen and oxygen atoms in total. The number of aromatic nitrogens is 4. The van der Waals surface area contributed by atoms with Crippen LogP contribution in [0.4, 0.5) is 5.69 Å². The van der Waals surface area contributed by atoms with Gasteiger partial charge in [-0.2, -0.15) is 4.98 Å². The van der Waals surface area contributed by atoms with E-state index in [9.17, 15) is 19.7 Å². The molecule has 1 atom stereocenters. The summed E-state index contributed by atoms with van der Waals surface area (Å²) in [5.74, 6) is 0.467. The fourth-order valence-corrected chi connectivity index (χ4v) is 2.80. The van der Waals surface area contributed by atoms with Crippen molar-refractivity contribution in [1.29, 1.82) is 0 Å². The smallest absolute Gasteiger partial charge is 0.329 e. The third kappa shape index (κ3) is 2.49. The number of nitro groups is 1. The first-order valence-electron chi connectivity index (χ1n) is 7.67. The SMILES string of the molecule is Cn1c(=O)[nH]c(=O)c2c1nc1n2CC(COc2ccc([N+](=O)[O-])cc2)O1. The quantitative estimate of drug-likeness (QED) is 0.518. The van der Waals surface area contributed by atoms with Gasteiger partial charge in [0.1, 0.15) is 12.4 Å². The number of aromatic amines is 1. The minimum Gasteiger partial charge on any atom is -0.490 e. The number of nitro benzene ring substituents is 1. The van der Waals surface area contributed by atoms with Gasteiger partial charge in [0.05, 0.1) is 11.5 Å². The van der Waals surface area contributed by atoms with Gasteiger partial charge in [-0.25, -0.2) is 4.79 Å². The molecule has 0 saturated carbocycles. The molecule has 2 aromatic heterocycles. The van der Waals surface area contributed by atoms with Gasteiger partial charge < -0.3 is 9.47 Å². The van der Waals surface area contributed by atoms with Crippen LogP contribution in [0.5, 0.6) is 11.8 Å². The van der Waals surface area contributed by atoms with Crippen molar-refractivity contribution < 1.29 is 14.4 Å². The predicted molar refractivity (Wildman–Crippen MR) is 88.6 cm³/mol. The van der Waals surface area contributed by atoms with Crippen LogP contribution in [0.3, 0.4) is 0 Å². The van der Waals surface area contributed by atoms with Crippen molar-refractivity contribution in [2.45, 2.75) is 12.6 Å². The normalized spacial score (nSPS) is 15.7. The number of nitrogens with one attached hydrogen (secondary N) is 1. The van der Waals surface area contributed by atoms with Crippen LogP contribution in [-0.2, 0) is 13.6 Å². The molecule has 1 aliphatic rings. The lowest BCUT2D eigenvalue weighted by Gasteiger charge is -2.11. The summed E-state index contributed by atoms with van der Waals surface area (Å²) in [4.78, 5) is 40.3. The van der Waals surface area contributed by atoms with Crippen molar-refractivity contribution in [2.75, 3.05) is 6.61 Å². The number of non-ortho nitro benzene ring substituents is 1. The van der Waals surface area contributed by atoms with E-state index in [0.717, 1.165) is 0 Å². The van der Waals surface area contributed by atoms with Crippen molar-refractivity contribution in [1.82, 2.24) is 19.1 Å². The van der Waals surface area contributed by atoms with Crippen LogP contribution in [0.1, 0.15) is 0 Å². The molecule has 0 radical (unpaired) electrons. The van der Waals surface area contributed by atoms with E-state index in [1.165, 1.54) is 35.9 Å². The molecule has 0 bridgehead atoms. The Morgan fingerprint density at radius 2 is 2.12 bits per heavy atom. The number of hydrogen-bond acceptors (Lipinski definition) is 7. The second-order valence-electron chi connectivity index (χ2n) is 5.80. The van der Waals surface area contributed by atoms with Crippen molar-refractivity contribution in [3.05, 3.63) is 55.2 Å². The zero-order valence-corrected chi connectivity index (χ0v) is 13.5. The molecule has 1 aromatic carbocycles. The summed E-state index contributed by atoms with van der Waals surface area (Å²) >= 11 is 0. The summed E-state index contributed by atoms with van der Waals surface area (Å²) in [6.07, 6.45) is -0.381. The zero-order valence-electron chi connectivity index (χ0n) is 13.5. The number of ether oxygens (including phenoxy) is 2. The standard InChI is InChI=1S/C15H13N5O6/c1-18-12-11(13(21)17-14(18)22)19-6-10(26-15(19)16-12)7-25-9-4-2-8(3-5-9)20(23)24/h2-5,10H,6-7H2,1H3,(H,17,21,22). The first-order valence-corrected chi connectivity index (χ1v) is 7.67. The summed E-state index contributed by atoms with van der Waals surface area (Å²) in [5.41, 5.74) is -0.575. The molecule has 26 heavy (non-hydrogen) atoms. The summed E-state index contributed by atoms with van der Waals surface area (Å²) in [6.45, 7) is 0.506. The van der Waals surface area contributed by atoms with E-state index in [2.05, 4.69) is 9.97 Å². The maximum Gasteiger partial charge on any atom is 0.329 e. The van der Waals surface area contributed by atoms with E-state index < -0.39 is 16.2 Å². The first kappa shape index (κ1) is 15.9. The van der Waals surface area contributed by atoms with Crippen molar-refractivity contribution >= 4 is 16.9 Å². The molecule has 1 N–H and O–H groups in total. The predicted octanol–water partition coefficient (Wildman–Crippen LogP) is 0.171. The van der Waals surface area contributed by atoms with Gasteiger partial charge in [0.2, 0.25) is 0 Å². The Labute approximate surface area is 144 Å². The van der Waals surface area contributed by atoms with Crippen molar-refractivity contribution in [3.63, 3.8) is 0 Å². The molecule has 0 saturated heterocycles. The molecular formula is C15H13N5O6. The molecule has 0 amide bonds. The minimum atomic E-state index is -0.544. The lowest BCUT2D eigenvalue weighted by molar-refractivity contribution is -0.384. The van der Waals surface area contributed by atoms with E-state index >= 15 is 0 Å². The highest BCUT2D eigenvalue weighted by Crippen LogP contribution is 2.26. The third-order valence-electron chi connectivity index (χ3n) is 4.11. The van der Waals surface area contributed by atoms with Gasteiger partial charge in [-0.1, -0.05) is 0 Å². The number of nitrogens with zero attached hydrogens (tertiary/aromatic N) is 4. The molecular weight excluding hydrogens is 346 g/mol. The summed E-state index contributed by atoms with van der Waals surface area (Å²) < 4.78 is 14.1. The molecule has 1 unspecified atom stereocenters. The third-order valence-corrected chi connectivity index (χ3v) is 4.11. The van der Waals surface area contributed by atoms with Gasteiger partial charge in [0, 0.05) is 19.2 Å². The van der Waals surface area contributed by atoms with Crippen molar-refractivity contribution in [2.24, 2.45) is 7.05 Å². The molecule has 1 aliphatic heterocycles. The topological polar surface area (TPSA) is 134 Å². The largest absolute Gasteiger partial charge is 0.490 e. The summed E-state index contributed by atoms with van der Waals surface area (Å²) in [6, 6.07) is 5.94. The molecule has 0 fully saturated rings. The second kappa shape index (κ2) is 5.72. The highest BCUT2D eigenvalue weighted by atomic mass is 16.6. The molecule has 3 heterocycles. The van der Waals surface area contributed by atoms with Crippen molar-refractivity contribution in [3.8, 4) is 11.8 Å². The average molecular weight is 359 g/mol. The number of imidazole rings is 1. The van der Waals surface area contributed by atoms with E-state index in [-0.39, 0.29) is 35.6 Å². The van der Waals surface area contributed by atoms with Gasteiger partial charge in [0.25, 0.3) is 17.3 Å². The van der Waals surface area contributed by atoms with Gasteiger partial charge in [0.15, 0.2) is 17.3 Å². The Kier molecular flexibility index (Phi) is 3.49. The number of fused-ring (bicyclic) bond motifs is 3. The van der Waals surface area contributed by atoms with Crippen LogP contribution in [0.2, 0.25) is 0 Å². The number of benzene rings is 1. The molecule has 0 aliphatic carbocycles. The van der Waals surface area contributed by atoms with Crippen LogP contribution in [0.25, 0.3) is 11.2 Å². The monoisotopic (exact) mass is 359 g/mol. The number of rotatable bonds is 4. The summed E-state index contributed by atoms with van der Waals surface area (Å²) in [5, 5.41) is 10.6. The highest BCUT2D eigenvalue weighted by molar-refractivity contribution is 5.72. The molecule has 0 spiro atoms. The lowest BCUT2D eigenvalue weighted by atomic mass is 10.3. The van der Waals surface area contributed by atoms with E-state index in [1.54, 1.807) is 4.57 Å². The Morgan fingerprint density at radius 1 is 1.38 bits per heavy atom. The maximum atomic E-state index is 12.1. The van der Waals surface area contributed by atoms with Gasteiger partial charge in [-0.15, -0.1) is 0 Å². The van der Waals surface area contributed by atoms with Crippen LogP contribution in [0.15, 0.2) is 33.9 Å². The van der Waals surface area contributed by atoms with Crippen LogP contribution >= 0.6 is 0 Å². The highest BCUT2D eigenvalue weighted by Gasteiger charge is 2.29. The lowest BCUT2D eigenvalue weighted by Crippen LogP contribution is -2.30. The maximum absolute atomic E-state index is 12.1. The molecule has 3 aromatic rings. The minimum absolute atomic E-state index is 0.0223.